The van der Waals surface area contributed by atoms with Crippen molar-refractivity contribution in [3.63, 3.8) is 0 Å². The molecule has 0 radical (unpaired) electrons. The number of hydrogen-bond acceptors (Lipinski definition) is 3. The number of nitrogens with zero attached hydrogens (tertiary/aromatic N) is 1. The van der Waals surface area contributed by atoms with Gasteiger partial charge in [-0.1, -0.05) is 20.8 Å². The van der Waals surface area contributed by atoms with Crippen LogP contribution in [0.1, 0.15) is 53.4 Å². The molecule has 2 aliphatic heterocycles. The zero-order valence-electron chi connectivity index (χ0n) is 12.6. The Bertz CT molecular complexity index is 272. The monoisotopic (exact) mass is 254 g/mol. The molecule has 2 rings (SSSR count). The van der Waals surface area contributed by atoms with Crippen LogP contribution in [0.15, 0.2) is 0 Å². The quantitative estimate of drug-likeness (QED) is 0.838. The van der Waals surface area contributed by atoms with Crippen molar-refractivity contribution in [2.45, 2.75) is 64.6 Å². The van der Waals surface area contributed by atoms with Crippen LogP contribution in [0.5, 0.6) is 0 Å². The van der Waals surface area contributed by atoms with Crippen LogP contribution in [0.4, 0.5) is 0 Å². The second-order valence-electron chi connectivity index (χ2n) is 6.83. The lowest BCUT2D eigenvalue weighted by Crippen LogP contribution is -2.65. The highest BCUT2D eigenvalue weighted by Crippen LogP contribution is 2.33. The van der Waals surface area contributed by atoms with Gasteiger partial charge in [0.2, 0.25) is 0 Å². The molecule has 0 aromatic heterocycles. The third-order valence-corrected chi connectivity index (χ3v) is 4.63. The summed E-state index contributed by atoms with van der Waals surface area (Å²) >= 11 is 0. The summed E-state index contributed by atoms with van der Waals surface area (Å²) in [5, 5.41) is 3.82. The summed E-state index contributed by atoms with van der Waals surface area (Å²) in [6.45, 7) is 13.7. The van der Waals surface area contributed by atoms with Gasteiger partial charge >= 0.3 is 0 Å². The fourth-order valence-electron chi connectivity index (χ4n) is 3.27. The van der Waals surface area contributed by atoms with Gasteiger partial charge in [0.15, 0.2) is 0 Å². The van der Waals surface area contributed by atoms with Crippen LogP contribution in [0.2, 0.25) is 0 Å². The third-order valence-electron chi connectivity index (χ3n) is 4.63. The summed E-state index contributed by atoms with van der Waals surface area (Å²) in [5.41, 5.74) is 0.245. The molecule has 2 aliphatic rings. The average Bonchev–Trinajstić information content (AvgIpc) is 2.32. The molecule has 0 amide bonds. The topological polar surface area (TPSA) is 24.5 Å². The largest absolute Gasteiger partial charge is 0.360 e. The van der Waals surface area contributed by atoms with E-state index in [0.717, 1.165) is 31.8 Å². The van der Waals surface area contributed by atoms with Crippen molar-refractivity contribution in [2.24, 2.45) is 5.92 Å². The molecule has 0 aliphatic carbocycles. The van der Waals surface area contributed by atoms with Crippen LogP contribution in [0.3, 0.4) is 0 Å². The summed E-state index contributed by atoms with van der Waals surface area (Å²) in [6.07, 6.45) is 4.60. The number of likely N-dealkylation sites (tertiary alicyclic amines) is 1. The SMILES string of the molecule is CCC1(C)CCOC2(CCN(CC(C)C)CC2)N1. The Balaban J connectivity index is 1.91. The van der Waals surface area contributed by atoms with Gasteiger partial charge in [-0.3, -0.25) is 5.32 Å². The molecule has 0 aromatic carbocycles. The Morgan fingerprint density at radius 1 is 1.22 bits per heavy atom. The number of ether oxygens (including phenoxy) is 1. The van der Waals surface area contributed by atoms with Gasteiger partial charge in [0.25, 0.3) is 0 Å². The van der Waals surface area contributed by atoms with Crippen LogP contribution >= 0.6 is 0 Å². The Morgan fingerprint density at radius 2 is 1.89 bits per heavy atom. The highest BCUT2D eigenvalue weighted by atomic mass is 16.5. The molecule has 3 nitrogen and oxygen atoms in total. The molecule has 2 saturated heterocycles. The van der Waals surface area contributed by atoms with Crippen molar-refractivity contribution in [2.75, 3.05) is 26.2 Å². The molecule has 0 aromatic rings. The lowest BCUT2D eigenvalue weighted by molar-refractivity contribution is -0.156. The van der Waals surface area contributed by atoms with E-state index in [4.69, 9.17) is 4.74 Å². The first kappa shape index (κ1) is 14.3. The van der Waals surface area contributed by atoms with E-state index in [1.807, 2.05) is 0 Å². The summed E-state index contributed by atoms with van der Waals surface area (Å²) in [6, 6.07) is 0. The first-order valence-electron chi connectivity index (χ1n) is 7.63. The minimum absolute atomic E-state index is 0.0313. The van der Waals surface area contributed by atoms with Crippen LogP contribution < -0.4 is 5.32 Å². The van der Waals surface area contributed by atoms with E-state index < -0.39 is 0 Å². The lowest BCUT2D eigenvalue weighted by Gasteiger charge is -2.51. The van der Waals surface area contributed by atoms with E-state index in [1.165, 1.54) is 26.1 Å². The maximum atomic E-state index is 6.12. The molecule has 1 unspecified atom stereocenters. The third kappa shape index (κ3) is 3.25. The predicted octanol–water partition coefficient (Wildman–Crippen LogP) is 2.61. The van der Waals surface area contributed by atoms with E-state index in [0.29, 0.717) is 0 Å². The molecule has 1 N–H and O–H groups in total. The Hall–Kier alpha value is -0.120. The van der Waals surface area contributed by atoms with Gasteiger partial charge in [0, 0.05) is 38.0 Å². The zero-order valence-corrected chi connectivity index (χ0v) is 12.6. The molecular weight excluding hydrogens is 224 g/mol. The number of rotatable bonds is 3. The summed E-state index contributed by atoms with van der Waals surface area (Å²) in [4.78, 5) is 2.58. The Labute approximate surface area is 112 Å². The molecule has 0 saturated carbocycles. The van der Waals surface area contributed by atoms with E-state index in [9.17, 15) is 0 Å². The molecule has 2 fully saturated rings. The molecule has 1 atom stereocenters. The van der Waals surface area contributed by atoms with E-state index in [2.05, 4.69) is 37.9 Å². The van der Waals surface area contributed by atoms with Gasteiger partial charge in [-0.15, -0.1) is 0 Å². The van der Waals surface area contributed by atoms with Crippen LogP contribution in [0.25, 0.3) is 0 Å². The highest BCUT2D eigenvalue weighted by Gasteiger charge is 2.43. The molecule has 1 spiro atoms. The number of hydrogen-bond donors (Lipinski definition) is 1. The molecular formula is C15H30N2O. The normalized spacial score (nSPS) is 33.2. The molecule has 106 valence electrons. The molecule has 2 heterocycles. The van der Waals surface area contributed by atoms with Gasteiger partial charge in [0.05, 0.1) is 6.61 Å². The summed E-state index contributed by atoms with van der Waals surface area (Å²) in [5.74, 6) is 0.764. The fraction of sp³-hybridized carbons (Fsp3) is 1.00. The van der Waals surface area contributed by atoms with Crippen molar-refractivity contribution in [3.05, 3.63) is 0 Å². The van der Waals surface area contributed by atoms with Crippen molar-refractivity contribution in [3.8, 4) is 0 Å². The maximum absolute atomic E-state index is 6.12. The maximum Gasteiger partial charge on any atom is 0.122 e. The first-order chi connectivity index (χ1) is 8.47. The minimum atomic E-state index is -0.0313. The van der Waals surface area contributed by atoms with Crippen molar-refractivity contribution in [1.29, 1.82) is 0 Å². The van der Waals surface area contributed by atoms with Gasteiger partial charge in [-0.2, -0.15) is 0 Å². The minimum Gasteiger partial charge on any atom is -0.360 e. The standard InChI is InChI=1S/C15H30N2O/c1-5-14(4)8-11-18-15(16-14)6-9-17(10-7-15)12-13(2)3/h13,16H,5-12H2,1-4H3. The molecule has 3 heteroatoms. The second kappa shape index (κ2) is 5.48. The second-order valence-corrected chi connectivity index (χ2v) is 6.83. The van der Waals surface area contributed by atoms with Crippen LogP contribution in [0, 0.1) is 5.92 Å². The van der Waals surface area contributed by atoms with Gasteiger partial charge < -0.3 is 9.64 Å². The Kier molecular flexibility index (Phi) is 4.35. The van der Waals surface area contributed by atoms with E-state index >= 15 is 0 Å². The van der Waals surface area contributed by atoms with Crippen molar-refractivity contribution < 1.29 is 4.74 Å². The zero-order chi connectivity index (χ0) is 13.2. The van der Waals surface area contributed by atoms with Gasteiger partial charge in [-0.05, 0) is 25.7 Å². The average molecular weight is 254 g/mol. The van der Waals surface area contributed by atoms with Gasteiger partial charge in [0.1, 0.15) is 5.72 Å². The Morgan fingerprint density at radius 3 is 2.44 bits per heavy atom. The highest BCUT2D eigenvalue weighted by molar-refractivity contribution is 4.96. The van der Waals surface area contributed by atoms with Crippen molar-refractivity contribution in [1.82, 2.24) is 10.2 Å². The van der Waals surface area contributed by atoms with Gasteiger partial charge in [-0.25, -0.2) is 0 Å². The predicted molar refractivity (Wildman–Crippen MR) is 75.6 cm³/mol. The van der Waals surface area contributed by atoms with Crippen LogP contribution in [-0.2, 0) is 4.74 Å². The summed E-state index contributed by atoms with van der Waals surface area (Å²) in [7, 11) is 0. The van der Waals surface area contributed by atoms with Crippen molar-refractivity contribution >= 4 is 0 Å². The number of nitrogens with one attached hydrogen (secondary N) is 1. The summed E-state index contributed by atoms with van der Waals surface area (Å²) < 4.78 is 6.12. The lowest BCUT2D eigenvalue weighted by atomic mass is 9.87. The smallest absolute Gasteiger partial charge is 0.122 e. The number of piperidine rings is 1. The molecule has 0 bridgehead atoms. The van der Waals surface area contributed by atoms with Crippen LogP contribution in [-0.4, -0.2) is 42.4 Å². The van der Waals surface area contributed by atoms with E-state index in [-0.39, 0.29) is 11.3 Å². The fourth-order valence-corrected chi connectivity index (χ4v) is 3.27. The molecule has 18 heavy (non-hydrogen) atoms. The first-order valence-corrected chi connectivity index (χ1v) is 7.63. The van der Waals surface area contributed by atoms with E-state index in [1.54, 1.807) is 0 Å².